The summed E-state index contributed by atoms with van der Waals surface area (Å²) in [6.45, 7) is 0. The molecule has 0 aliphatic rings. The van der Waals surface area contributed by atoms with Gasteiger partial charge in [0.05, 0.1) is 23.4 Å². The van der Waals surface area contributed by atoms with Crippen LogP contribution in [0.3, 0.4) is 0 Å². The first kappa shape index (κ1) is 23.1. The van der Waals surface area contributed by atoms with Gasteiger partial charge < -0.3 is 10.1 Å². The van der Waals surface area contributed by atoms with Crippen LogP contribution in [0.5, 0.6) is 5.75 Å². The molecule has 0 saturated carbocycles. The maximum Gasteiger partial charge on any atom is 0.287 e. The standard InChI is InChI=1S/C24H19Cl2N3O3/c1-32-19-12-10-16(11-13-19)14-21(28-23(30)17-6-3-2-4-7-17)24(31)29-27-15-18-8-5-9-20(25)22(18)26/h2-15H,1H3,(H,28,30)(H,29,31). The molecule has 0 fully saturated rings. The summed E-state index contributed by atoms with van der Waals surface area (Å²) in [7, 11) is 1.56. The normalized spacial score (nSPS) is 11.3. The van der Waals surface area contributed by atoms with Gasteiger partial charge in [0.1, 0.15) is 11.4 Å². The van der Waals surface area contributed by atoms with Gasteiger partial charge in [-0.15, -0.1) is 0 Å². The molecule has 8 heteroatoms. The van der Waals surface area contributed by atoms with Gasteiger partial charge in [0.2, 0.25) is 0 Å². The van der Waals surface area contributed by atoms with E-state index < -0.39 is 11.8 Å². The first-order valence-corrected chi connectivity index (χ1v) is 10.2. The minimum atomic E-state index is -0.612. The summed E-state index contributed by atoms with van der Waals surface area (Å²) in [5.74, 6) is -0.369. The SMILES string of the molecule is COc1ccc(C=C(NC(=O)c2ccccc2)C(=O)NN=Cc2cccc(Cl)c2Cl)cc1. The Labute approximate surface area is 195 Å². The third kappa shape index (κ3) is 6.20. The highest BCUT2D eigenvalue weighted by Crippen LogP contribution is 2.24. The van der Waals surface area contributed by atoms with Crippen molar-refractivity contribution in [3.8, 4) is 5.75 Å². The molecule has 0 saturated heterocycles. The van der Waals surface area contributed by atoms with Crippen molar-refractivity contribution in [2.75, 3.05) is 7.11 Å². The fraction of sp³-hybridized carbons (Fsp3) is 0.0417. The van der Waals surface area contributed by atoms with Crippen LogP contribution in [0, 0.1) is 0 Å². The van der Waals surface area contributed by atoms with Gasteiger partial charge in [-0.25, -0.2) is 5.43 Å². The zero-order chi connectivity index (χ0) is 22.9. The van der Waals surface area contributed by atoms with Gasteiger partial charge >= 0.3 is 0 Å². The number of halogens is 2. The number of carbonyl (C=O) groups is 2. The minimum Gasteiger partial charge on any atom is -0.497 e. The van der Waals surface area contributed by atoms with E-state index in [2.05, 4.69) is 15.8 Å². The summed E-state index contributed by atoms with van der Waals surface area (Å²) in [6.07, 6.45) is 2.91. The van der Waals surface area contributed by atoms with Gasteiger partial charge in [-0.1, -0.05) is 65.7 Å². The van der Waals surface area contributed by atoms with E-state index >= 15 is 0 Å². The lowest BCUT2D eigenvalue weighted by Crippen LogP contribution is -2.32. The smallest absolute Gasteiger partial charge is 0.287 e. The molecule has 2 amide bonds. The van der Waals surface area contributed by atoms with Crippen LogP contribution in [0.4, 0.5) is 0 Å². The zero-order valence-electron chi connectivity index (χ0n) is 17.0. The summed E-state index contributed by atoms with van der Waals surface area (Å²) >= 11 is 12.1. The molecule has 2 N–H and O–H groups in total. The average molecular weight is 468 g/mol. The lowest BCUT2D eigenvalue weighted by Gasteiger charge is -2.09. The average Bonchev–Trinajstić information content (AvgIpc) is 2.82. The van der Waals surface area contributed by atoms with Crippen molar-refractivity contribution in [1.82, 2.24) is 10.7 Å². The fourth-order valence-electron chi connectivity index (χ4n) is 2.65. The number of nitrogens with zero attached hydrogens (tertiary/aromatic N) is 1. The molecule has 0 radical (unpaired) electrons. The predicted molar refractivity (Wildman–Crippen MR) is 127 cm³/mol. The molecule has 0 bridgehead atoms. The van der Waals surface area contributed by atoms with Crippen LogP contribution >= 0.6 is 23.2 Å². The van der Waals surface area contributed by atoms with Crippen molar-refractivity contribution in [2.45, 2.75) is 0 Å². The highest BCUT2D eigenvalue weighted by atomic mass is 35.5. The van der Waals surface area contributed by atoms with Gasteiger partial charge in [-0.05, 0) is 42.0 Å². The first-order chi connectivity index (χ1) is 15.5. The van der Waals surface area contributed by atoms with E-state index in [1.807, 2.05) is 0 Å². The maximum atomic E-state index is 12.8. The second-order valence-electron chi connectivity index (χ2n) is 6.49. The molecule has 32 heavy (non-hydrogen) atoms. The second kappa shape index (κ2) is 11.1. The van der Waals surface area contributed by atoms with Crippen molar-refractivity contribution in [3.63, 3.8) is 0 Å². The lowest BCUT2D eigenvalue weighted by atomic mass is 10.1. The van der Waals surface area contributed by atoms with Gasteiger partial charge in [-0.2, -0.15) is 5.10 Å². The van der Waals surface area contributed by atoms with Crippen molar-refractivity contribution in [3.05, 3.63) is 105 Å². The molecule has 0 atom stereocenters. The molecular formula is C24H19Cl2N3O3. The third-order valence-electron chi connectivity index (χ3n) is 4.31. The van der Waals surface area contributed by atoms with Gasteiger partial charge in [0.25, 0.3) is 11.8 Å². The second-order valence-corrected chi connectivity index (χ2v) is 7.28. The Morgan fingerprint density at radius 2 is 1.66 bits per heavy atom. The quantitative estimate of drug-likeness (QED) is 0.294. The molecule has 3 aromatic rings. The number of hydrogen-bond acceptors (Lipinski definition) is 4. The Bertz CT molecular complexity index is 1160. The first-order valence-electron chi connectivity index (χ1n) is 9.47. The van der Waals surface area contributed by atoms with Crippen molar-refractivity contribution in [1.29, 1.82) is 0 Å². The van der Waals surface area contributed by atoms with Crippen LogP contribution in [-0.2, 0) is 4.79 Å². The third-order valence-corrected chi connectivity index (χ3v) is 5.14. The highest BCUT2D eigenvalue weighted by Gasteiger charge is 2.14. The largest absolute Gasteiger partial charge is 0.497 e. The van der Waals surface area contributed by atoms with Gasteiger partial charge in [0, 0.05) is 11.1 Å². The number of amides is 2. The van der Waals surface area contributed by atoms with E-state index in [1.54, 1.807) is 79.9 Å². The molecule has 0 aromatic heterocycles. The summed E-state index contributed by atoms with van der Waals surface area (Å²) in [5, 5.41) is 7.26. The molecule has 0 heterocycles. The summed E-state index contributed by atoms with van der Waals surface area (Å²) in [5.41, 5.74) is 4.05. The van der Waals surface area contributed by atoms with Crippen LogP contribution in [0.25, 0.3) is 6.08 Å². The highest BCUT2D eigenvalue weighted by molar-refractivity contribution is 6.43. The van der Waals surface area contributed by atoms with Crippen LogP contribution in [0.15, 0.2) is 83.6 Å². The number of benzene rings is 3. The monoisotopic (exact) mass is 467 g/mol. The molecule has 0 spiro atoms. The van der Waals surface area contributed by atoms with E-state index in [0.29, 0.717) is 32.5 Å². The van der Waals surface area contributed by atoms with E-state index in [4.69, 9.17) is 27.9 Å². The molecule has 0 aliphatic heterocycles. The number of ether oxygens (including phenoxy) is 1. The van der Waals surface area contributed by atoms with E-state index in [-0.39, 0.29) is 5.70 Å². The number of carbonyl (C=O) groups excluding carboxylic acids is 2. The van der Waals surface area contributed by atoms with E-state index in [1.165, 1.54) is 12.3 Å². The Balaban J connectivity index is 1.82. The number of nitrogens with one attached hydrogen (secondary N) is 2. The Hall–Kier alpha value is -3.61. The van der Waals surface area contributed by atoms with Crippen LogP contribution in [0.2, 0.25) is 10.0 Å². The van der Waals surface area contributed by atoms with Crippen LogP contribution in [-0.4, -0.2) is 25.1 Å². The Morgan fingerprint density at radius 1 is 0.938 bits per heavy atom. The van der Waals surface area contributed by atoms with Gasteiger partial charge in [-0.3, -0.25) is 9.59 Å². The maximum absolute atomic E-state index is 12.8. The summed E-state index contributed by atoms with van der Waals surface area (Å²) < 4.78 is 5.15. The van der Waals surface area contributed by atoms with Crippen molar-refractivity contribution >= 4 is 47.3 Å². The molecule has 0 unspecified atom stereocenters. The number of hydrazone groups is 1. The molecular weight excluding hydrogens is 449 g/mol. The Kier molecular flexibility index (Phi) is 8.02. The molecule has 0 aliphatic carbocycles. The molecule has 3 aromatic carbocycles. The molecule has 3 rings (SSSR count). The molecule has 162 valence electrons. The molecule has 6 nitrogen and oxygen atoms in total. The van der Waals surface area contributed by atoms with Crippen molar-refractivity contribution in [2.24, 2.45) is 5.10 Å². The summed E-state index contributed by atoms with van der Waals surface area (Å²) in [6, 6.07) is 20.7. The predicted octanol–water partition coefficient (Wildman–Crippen LogP) is 4.92. The van der Waals surface area contributed by atoms with E-state index in [0.717, 1.165) is 0 Å². The number of hydrogen-bond donors (Lipinski definition) is 2. The van der Waals surface area contributed by atoms with Crippen LogP contribution < -0.4 is 15.5 Å². The van der Waals surface area contributed by atoms with Crippen LogP contribution in [0.1, 0.15) is 21.5 Å². The Morgan fingerprint density at radius 3 is 2.34 bits per heavy atom. The summed E-state index contributed by atoms with van der Waals surface area (Å²) in [4.78, 5) is 25.4. The zero-order valence-corrected chi connectivity index (χ0v) is 18.5. The van der Waals surface area contributed by atoms with Gasteiger partial charge in [0.15, 0.2) is 0 Å². The van der Waals surface area contributed by atoms with E-state index in [9.17, 15) is 9.59 Å². The number of methoxy groups -OCH3 is 1. The topological polar surface area (TPSA) is 79.8 Å². The lowest BCUT2D eigenvalue weighted by molar-refractivity contribution is -0.117. The minimum absolute atomic E-state index is 0.0124. The van der Waals surface area contributed by atoms with Crippen molar-refractivity contribution < 1.29 is 14.3 Å². The fourth-order valence-corrected chi connectivity index (χ4v) is 3.01. The number of rotatable bonds is 7.